The fourth-order valence-electron chi connectivity index (χ4n) is 2.06. The number of nitrogens with two attached hydrogens (primary N) is 1. The molecule has 136 valence electrons. The molecule has 0 fully saturated rings. The van der Waals surface area contributed by atoms with E-state index in [1.54, 1.807) is 0 Å². The van der Waals surface area contributed by atoms with Crippen molar-refractivity contribution >= 4 is 30.0 Å². The summed E-state index contributed by atoms with van der Waals surface area (Å²) in [5.74, 6) is 0.0810. The number of carbonyl (C=O) groups is 2. The van der Waals surface area contributed by atoms with Gasteiger partial charge in [-0.1, -0.05) is 0 Å². The fraction of sp³-hybridized carbons (Fsp3) is 0.250. The zero-order valence-electron chi connectivity index (χ0n) is 14.0. The molecule has 1 amide bonds. The minimum absolute atomic E-state index is 0. The molecule has 0 aliphatic heterocycles. The van der Waals surface area contributed by atoms with Crippen molar-refractivity contribution in [2.45, 2.75) is 6.54 Å². The van der Waals surface area contributed by atoms with Gasteiger partial charge in [0.15, 0.2) is 11.5 Å². The van der Waals surface area contributed by atoms with Crippen LogP contribution in [0.25, 0.3) is 0 Å². The van der Waals surface area contributed by atoms with Gasteiger partial charge in [-0.25, -0.2) is 4.79 Å². The number of ether oxygens (including phenoxy) is 3. The molecule has 0 unspecified atom stereocenters. The molecule has 2 aromatic rings. The highest BCUT2D eigenvalue weighted by Gasteiger charge is 2.20. The van der Waals surface area contributed by atoms with Crippen molar-refractivity contribution in [3.8, 4) is 11.5 Å². The lowest BCUT2D eigenvalue weighted by molar-refractivity contribution is 0.0601. The Bertz CT molecular complexity index is 759. The van der Waals surface area contributed by atoms with Gasteiger partial charge >= 0.3 is 5.97 Å². The number of esters is 1. The maximum atomic E-state index is 12.3. The van der Waals surface area contributed by atoms with Crippen molar-refractivity contribution in [2.24, 2.45) is 5.73 Å². The van der Waals surface area contributed by atoms with Gasteiger partial charge in [0.05, 0.1) is 44.7 Å². The highest BCUT2D eigenvalue weighted by molar-refractivity contribution is 6.08. The van der Waals surface area contributed by atoms with E-state index < -0.39 is 11.9 Å². The summed E-state index contributed by atoms with van der Waals surface area (Å²) in [7, 11) is 4.14. The highest BCUT2D eigenvalue weighted by Crippen LogP contribution is 2.34. The molecule has 1 heterocycles. The Balaban J connectivity index is 0.00000312. The van der Waals surface area contributed by atoms with Crippen LogP contribution in [-0.2, 0) is 11.3 Å². The van der Waals surface area contributed by atoms with E-state index in [-0.39, 0.29) is 35.8 Å². The summed E-state index contributed by atoms with van der Waals surface area (Å²) in [6, 6.07) is 4.43. The molecular formula is C16H19ClN2O6. The zero-order chi connectivity index (χ0) is 17.7. The summed E-state index contributed by atoms with van der Waals surface area (Å²) < 4.78 is 20.2. The zero-order valence-corrected chi connectivity index (χ0v) is 14.8. The number of benzene rings is 1. The first-order chi connectivity index (χ1) is 11.5. The Morgan fingerprint density at radius 3 is 2.28 bits per heavy atom. The van der Waals surface area contributed by atoms with Crippen LogP contribution in [0.15, 0.2) is 28.9 Å². The third-order valence-electron chi connectivity index (χ3n) is 3.29. The molecule has 25 heavy (non-hydrogen) atoms. The molecule has 0 saturated heterocycles. The predicted molar refractivity (Wildman–Crippen MR) is 92.7 cm³/mol. The maximum absolute atomic E-state index is 12.3. The normalized spacial score (nSPS) is 9.76. The van der Waals surface area contributed by atoms with E-state index in [0.717, 1.165) is 0 Å². The Morgan fingerprint density at radius 2 is 1.76 bits per heavy atom. The molecular weight excluding hydrogens is 352 g/mol. The molecule has 0 radical (unpaired) electrons. The van der Waals surface area contributed by atoms with Crippen LogP contribution in [0.1, 0.15) is 26.5 Å². The van der Waals surface area contributed by atoms with Crippen LogP contribution in [0.2, 0.25) is 0 Å². The van der Waals surface area contributed by atoms with Crippen molar-refractivity contribution in [3.05, 3.63) is 41.3 Å². The van der Waals surface area contributed by atoms with Gasteiger partial charge in [0, 0.05) is 12.1 Å². The predicted octanol–water partition coefficient (Wildman–Crippen LogP) is 2.22. The van der Waals surface area contributed by atoms with E-state index in [9.17, 15) is 9.59 Å². The first-order valence-electron chi connectivity index (χ1n) is 6.97. The molecule has 0 aliphatic carbocycles. The van der Waals surface area contributed by atoms with E-state index >= 15 is 0 Å². The second-order valence-electron chi connectivity index (χ2n) is 4.70. The number of carbonyl (C=O) groups excluding carboxylic acids is 2. The van der Waals surface area contributed by atoms with Crippen LogP contribution in [-0.4, -0.2) is 33.2 Å². The molecule has 2 rings (SSSR count). The topological polar surface area (TPSA) is 113 Å². The van der Waals surface area contributed by atoms with Gasteiger partial charge in [-0.05, 0) is 6.07 Å². The van der Waals surface area contributed by atoms with E-state index in [0.29, 0.717) is 17.3 Å². The Hall–Kier alpha value is -2.71. The van der Waals surface area contributed by atoms with Crippen LogP contribution in [0.3, 0.4) is 0 Å². The van der Waals surface area contributed by atoms with E-state index in [2.05, 4.69) is 5.32 Å². The summed E-state index contributed by atoms with van der Waals surface area (Å²) in [6.45, 7) is 0.178. The van der Waals surface area contributed by atoms with Crippen molar-refractivity contribution in [1.82, 2.24) is 0 Å². The number of furan rings is 1. The standard InChI is InChI=1S/C16H18N2O6.ClH/c1-21-13-5-11(16(20)23-3)12(6-14(13)22-2)18-15(19)9-4-10(7-17)24-8-9;/h4-6,8H,7,17H2,1-3H3,(H,18,19);1H. The number of anilines is 1. The molecule has 8 nitrogen and oxygen atoms in total. The minimum atomic E-state index is -0.624. The van der Waals surface area contributed by atoms with Crippen molar-refractivity contribution in [2.75, 3.05) is 26.6 Å². The smallest absolute Gasteiger partial charge is 0.340 e. The Morgan fingerprint density at radius 1 is 1.12 bits per heavy atom. The maximum Gasteiger partial charge on any atom is 0.340 e. The Kier molecular flexibility index (Phi) is 7.28. The largest absolute Gasteiger partial charge is 0.493 e. The number of rotatable bonds is 6. The molecule has 0 bridgehead atoms. The van der Waals surface area contributed by atoms with Crippen molar-refractivity contribution < 1.29 is 28.2 Å². The third kappa shape index (κ3) is 4.43. The fourth-order valence-corrected chi connectivity index (χ4v) is 2.06. The SMILES string of the molecule is COC(=O)c1cc(OC)c(OC)cc1NC(=O)c1coc(CN)c1.Cl. The quantitative estimate of drug-likeness (QED) is 0.749. The van der Waals surface area contributed by atoms with E-state index in [1.807, 2.05) is 0 Å². The lowest BCUT2D eigenvalue weighted by Crippen LogP contribution is -2.15. The van der Waals surface area contributed by atoms with Gasteiger partial charge in [-0.15, -0.1) is 12.4 Å². The van der Waals surface area contributed by atoms with E-state index in [4.69, 9.17) is 24.4 Å². The molecule has 1 aromatic heterocycles. The number of methoxy groups -OCH3 is 3. The van der Waals surface area contributed by atoms with Crippen LogP contribution < -0.4 is 20.5 Å². The lowest BCUT2D eigenvalue weighted by Gasteiger charge is -2.14. The van der Waals surface area contributed by atoms with Crippen molar-refractivity contribution in [1.29, 1.82) is 0 Å². The molecule has 1 aromatic carbocycles. The monoisotopic (exact) mass is 370 g/mol. The molecule has 9 heteroatoms. The summed E-state index contributed by atoms with van der Waals surface area (Å²) in [6.07, 6.45) is 1.29. The summed E-state index contributed by atoms with van der Waals surface area (Å²) in [4.78, 5) is 24.3. The van der Waals surface area contributed by atoms with Gasteiger partial charge in [-0.2, -0.15) is 0 Å². The van der Waals surface area contributed by atoms with E-state index in [1.165, 1.54) is 45.8 Å². The van der Waals surface area contributed by atoms with Gasteiger partial charge in [-0.3, -0.25) is 4.79 Å². The van der Waals surface area contributed by atoms with Crippen molar-refractivity contribution in [3.63, 3.8) is 0 Å². The number of amides is 1. The number of hydrogen-bond donors (Lipinski definition) is 2. The van der Waals surface area contributed by atoms with Gasteiger partial charge < -0.3 is 29.7 Å². The number of halogens is 1. The molecule has 0 saturated carbocycles. The summed E-state index contributed by atoms with van der Waals surface area (Å²) in [5.41, 5.74) is 6.08. The summed E-state index contributed by atoms with van der Waals surface area (Å²) >= 11 is 0. The van der Waals surface area contributed by atoms with Gasteiger partial charge in [0.25, 0.3) is 5.91 Å². The highest BCUT2D eigenvalue weighted by atomic mass is 35.5. The minimum Gasteiger partial charge on any atom is -0.493 e. The average molecular weight is 371 g/mol. The number of hydrogen-bond acceptors (Lipinski definition) is 7. The first kappa shape index (κ1) is 20.3. The van der Waals surface area contributed by atoms with Gasteiger partial charge in [0.1, 0.15) is 12.0 Å². The van der Waals surface area contributed by atoms with Crippen LogP contribution in [0.4, 0.5) is 5.69 Å². The van der Waals surface area contributed by atoms with Crippen LogP contribution >= 0.6 is 12.4 Å². The average Bonchev–Trinajstić information content (AvgIpc) is 3.09. The Labute approximate surface area is 150 Å². The summed E-state index contributed by atoms with van der Waals surface area (Å²) in [5, 5.41) is 2.63. The molecule has 3 N–H and O–H groups in total. The van der Waals surface area contributed by atoms with Crippen LogP contribution in [0.5, 0.6) is 11.5 Å². The third-order valence-corrected chi connectivity index (χ3v) is 3.29. The second kappa shape index (κ2) is 8.95. The van der Waals surface area contributed by atoms with Crippen LogP contribution in [0, 0.1) is 0 Å². The lowest BCUT2D eigenvalue weighted by atomic mass is 10.1. The molecule has 0 spiro atoms. The molecule has 0 atom stereocenters. The number of nitrogens with one attached hydrogen (secondary N) is 1. The second-order valence-corrected chi connectivity index (χ2v) is 4.70. The van der Waals surface area contributed by atoms with Gasteiger partial charge in [0.2, 0.25) is 0 Å². The first-order valence-corrected chi connectivity index (χ1v) is 6.97. The molecule has 0 aliphatic rings.